The van der Waals surface area contributed by atoms with Gasteiger partial charge in [0.2, 0.25) is 6.34 Å². The van der Waals surface area contributed by atoms with Gasteiger partial charge in [-0.15, -0.1) is 0 Å². The smallest absolute Gasteiger partial charge is 0.307 e. The van der Waals surface area contributed by atoms with Gasteiger partial charge in [0.1, 0.15) is 6.54 Å². The zero-order valence-corrected chi connectivity index (χ0v) is 17.9. The summed E-state index contributed by atoms with van der Waals surface area (Å²) < 4.78 is 2.16. The highest BCUT2D eigenvalue weighted by Crippen LogP contribution is 2.39. The Bertz CT molecular complexity index is 1160. The van der Waals surface area contributed by atoms with Gasteiger partial charge in [0.25, 0.3) is 0 Å². The lowest BCUT2D eigenvalue weighted by atomic mass is 10.1. The standard InChI is InChI=1S/C21H21Cl2N7/c22-14-3-4-15(16(23)7-14)21-18(10-29-6-5-25-19(11-29)27-12-24)30-9-17(13-1-2-13)26-8-20(30)28-21/h3-4,7-9,12-13H,1-2,5-6,10-11H2,(H2,24,25,27)/p+1. The van der Waals surface area contributed by atoms with Crippen molar-refractivity contribution in [1.82, 2.24) is 19.3 Å². The Kier molecular flexibility index (Phi) is 5.18. The third-order valence-corrected chi connectivity index (χ3v) is 6.09. The Labute approximate surface area is 184 Å². The number of nitrogens with zero attached hydrogens (tertiary/aromatic N) is 5. The molecule has 2 aliphatic rings. The predicted octanol–water partition coefficient (Wildman–Crippen LogP) is 1.86. The second-order valence-electron chi connectivity index (χ2n) is 7.71. The van der Waals surface area contributed by atoms with Gasteiger partial charge < -0.3 is 5.73 Å². The summed E-state index contributed by atoms with van der Waals surface area (Å²) in [7, 11) is 0. The summed E-state index contributed by atoms with van der Waals surface area (Å²) in [5, 5.41) is 1.19. The van der Waals surface area contributed by atoms with Crippen molar-refractivity contribution in [1.29, 1.82) is 0 Å². The van der Waals surface area contributed by atoms with Crippen LogP contribution in [0.15, 0.2) is 35.6 Å². The minimum Gasteiger partial charge on any atom is -0.369 e. The number of aromatic nitrogens is 3. The molecule has 7 nitrogen and oxygen atoms in total. The van der Waals surface area contributed by atoms with Crippen LogP contribution in [0.4, 0.5) is 0 Å². The minimum absolute atomic E-state index is 0.560. The Morgan fingerprint density at radius 3 is 2.93 bits per heavy atom. The molecule has 1 saturated carbocycles. The second kappa shape index (κ2) is 7.98. The second-order valence-corrected chi connectivity index (χ2v) is 8.55. The van der Waals surface area contributed by atoms with Gasteiger partial charge in [0, 0.05) is 35.8 Å². The van der Waals surface area contributed by atoms with Crippen LogP contribution in [0.1, 0.15) is 30.1 Å². The summed E-state index contributed by atoms with van der Waals surface area (Å²) in [5.74, 6) is 1.43. The van der Waals surface area contributed by atoms with Crippen molar-refractivity contribution in [2.24, 2.45) is 10.7 Å². The maximum absolute atomic E-state index is 6.55. The fourth-order valence-corrected chi connectivity index (χ4v) is 4.38. The van der Waals surface area contributed by atoms with E-state index in [-0.39, 0.29) is 0 Å². The van der Waals surface area contributed by atoms with E-state index in [9.17, 15) is 0 Å². The Balaban J connectivity index is 1.59. The molecule has 0 atom stereocenters. The first-order valence-corrected chi connectivity index (χ1v) is 10.8. The Hall–Kier alpha value is -2.48. The zero-order valence-electron chi connectivity index (χ0n) is 16.4. The van der Waals surface area contributed by atoms with Crippen molar-refractivity contribution in [3.05, 3.63) is 52.0 Å². The molecule has 0 spiro atoms. The van der Waals surface area contributed by atoms with Gasteiger partial charge >= 0.3 is 5.84 Å². The maximum atomic E-state index is 6.55. The molecule has 3 aromatic rings. The quantitative estimate of drug-likeness (QED) is 0.476. The zero-order chi connectivity index (χ0) is 20.7. The van der Waals surface area contributed by atoms with E-state index in [0.29, 0.717) is 29.1 Å². The number of fused-ring (bicyclic) bond motifs is 1. The topological polar surface area (TPSA) is 85.8 Å². The first-order valence-electron chi connectivity index (χ1n) is 10.0. The molecule has 0 bridgehead atoms. The maximum Gasteiger partial charge on any atom is 0.307 e. The van der Waals surface area contributed by atoms with Gasteiger partial charge in [-0.25, -0.2) is 4.98 Å². The molecule has 154 valence electrons. The Morgan fingerprint density at radius 2 is 2.17 bits per heavy atom. The van der Waals surface area contributed by atoms with Crippen LogP contribution in [0.5, 0.6) is 0 Å². The first-order chi connectivity index (χ1) is 14.6. The summed E-state index contributed by atoms with van der Waals surface area (Å²) in [6.45, 7) is 3.10. The number of nitrogens with one attached hydrogen (secondary N) is 1. The molecule has 1 fully saturated rings. The summed E-state index contributed by atoms with van der Waals surface area (Å²) >= 11 is 12.7. The number of aliphatic imine (C=N–C) groups is 1. The highest BCUT2D eigenvalue weighted by molar-refractivity contribution is 6.36. The molecular formula is C21H22Cl2N7+. The van der Waals surface area contributed by atoms with E-state index in [4.69, 9.17) is 33.9 Å². The monoisotopic (exact) mass is 442 g/mol. The van der Waals surface area contributed by atoms with Gasteiger partial charge in [-0.05, 0) is 36.0 Å². The van der Waals surface area contributed by atoms with Gasteiger partial charge in [0.05, 0.1) is 34.8 Å². The lowest BCUT2D eigenvalue weighted by Gasteiger charge is -2.22. The third kappa shape index (κ3) is 3.80. The van der Waals surface area contributed by atoms with Crippen LogP contribution in [0, 0.1) is 0 Å². The molecule has 1 aromatic carbocycles. The van der Waals surface area contributed by atoms with E-state index < -0.39 is 0 Å². The largest absolute Gasteiger partial charge is 0.369 e. The summed E-state index contributed by atoms with van der Waals surface area (Å²) in [4.78, 5) is 19.4. The van der Waals surface area contributed by atoms with E-state index in [0.717, 1.165) is 47.2 Å². The van der Waals surface area contributed by atoms with Crippen molar-refractivity contribution in [3.63, 3.8) is 0 Å². The summed E-state index contributed by atoms with van der Waals surface area (Å²) in [5.41, 5.74) is 10.2. The van der Waals surface area contributed by atoms with Crippen molar-refractivity contribution in [3.8, 4) is 11.3 Å². The minimum atomic E-state index is 0.560. The number of hydrogen-bond acceptors (Lipinski definition) is 4. The molecule has 3 heterocycles. The number of benzene rings is 1. The molecule has 30 heavy (non-hydrogen) atoms. The molecule has 2 aromatic heterocycles. The van der Waals surface area contributed by atoms with Crippen molar-refractivity contribution >= 4 is 41.0 Å². The predicted molar refractivity (Wildman–Crippen MR) is 119 cm³/mol. The molecule has 1 aliphatic heterocycles. The molecule has 0 radical (unpaired) electrons. The van der Waals surface area contributed by atoms with Crippen molar-refractivity contribution in [2.45, 2.75) is 25.3 Å². The highest BCUT2D eigenvalue weighted by atomic mass is 35.5. The van der Waals surface area contributed by atoms with Gasteiger partial charge in [-0.3, -0.25) is 19.3 Å². The number of hydrogen-bond donors (Lipinski definition) is 2. The fourth-order valence-electron chi connectivity index (χ4n) is 3.88. The number of nitrogens with two attached hydrogens (primary N) is 1. The number of rotatable bonds is 4. The van der Waals surface area contributed by atoms with Crippen LogP contribution in [0.25, 0.3) is 16.9 Å². The van der Waals surface area contributed by atoms with Crippen molar-refractivity contribution in [2.75, 3.05) is 19.6 Å². The molecule has 5 rings (SSSR count). The number of halogens is 2. The molecular weight excluding hydrogens is 421 g/mol. The molecule has 1 aliphatic carbocycles. The highest BCUT2D eigenvalue weighted by Gasteiger charge is 2.27. The summed E-state index contributed by atoms with van der Waals surface area (Å²) in [6, 6.07) is 5.53. The average Bonchev–Trinajstić information content (AvgIpc) is 3.52. The lowest BCUT2D eigenvalue weighted by Crippen LogP contribution is -2.79. The fraction of sp³-hybridized carbons (Fsp3) is 0.333. The van der Waals surface area contributed by atoms with Crippen LogP contribution >= 0.6 is 23.2 Å². The van der Waals surface area contributed by atoms with E-state index >= 15 is 0 Å². The summed E-state index contributed by atoms with van der Waals surface area (Å²) in [6.07, 6.45) is 7.72. The van der Waals surface area contributed by atoms with Gasteiger partial charge in [0.15, 0.2) is 5.65 Å². The van der Waals surface area contributed by atoms with E-state index in [1.807, 2.05) is 18.3 Å². The molecule has 0 unspecified atom stereocenters. The Morgan fingerprint density at radius 1 is 1.30 bits per heavy atom. The van der Waals surface area contributed by atoms with Crippen LogP contribution < -0.4 is 10.7 Å². The molecule has 3 N–H and O–H groups in total. The first kappa shape index (κ1) is 19.5. The molecule has 0 saturated heterocycles. The van der Waals surface area contributed by atoms with Gasteiger partial charge in [-0.2, -0.15) is 0 Å². The van der Waals surface area contributed by atoms with E-state index in [1.54, 1.807) is 6.07 Å². The SMILES string of the molecule is NC=NC1=[NH+]CCN(Cc2c(-c3ccc(Cl)cc3Cl)nc3cnc(C4CC4)cn23)C1. The van der Waals surface area contributed by atoms with Crippen LogP contribution in [-0.2, 0) is 6.54 Å². The molecule has 9 heteroatoms. The van der Waals surface area contributed by atoms with E-state index in [2.05, 4.69) is 30.5 Å². The van der Waals surface area contributed by atoms with Gasteiger partial charge in [-0.1, -0.05) is 23.2 Å². The third-order valence-electron chi connectivity index (χ3n) is 5.54. The molecule has 0 amide bonds. The van der Waals surface area contributed by atoms with Crippen LogP contribution in [-0.4, -0.2) is 51.1 Å². The normalized spacial score (nSPS) is 17.7. The van der Waals surface area contributed by atoms with Crippen LogP contribution in [0.2, 0.25) is 10.0 Å². The van der Waals surface area contributed by atoms with Crippen molar-refractivity contribution < 1.29 is 4.99 Å². The number of amidine groups is 1. The lowest BCUT2D eigenvalue weighted by molar-refractivity contribution is -0.466. The van der Waals surface area contributed by atoms with Crippen LogP contribution in [0.3, 0.4) is 0 Å². The average molecular weight is 443 g/mol. The van der Waals surface area contributed by atoms with E-state index in [1.165, 1.54) is 19.2 Å². The number of imidazole rings is 1.